The van der Waals surface area contributed by atoms with Crippen molar-refractivity contribution in [2.75, 3.05) is 11.9 Å². The number of carbonyl (C=O) groups is 2. The molecule has 0 aliphatic carbocycles. The van der Waals surface area contributed by atoms with Crippen LogP contribution in [-0.4, -0.2) is 18.5 Å². The quantitative estimate of drug-likeness (QED) is 0.651. The van der Waals surface area contributed by atoms with Crippen molar-refractivity contribution < 1.29 is 18.7 Å². The van der Waals surface area contributed by atoms with E-state index in [-0.39, 0.29) is 6.61 Å². The molecule has 1 heterocycles. The fraction of sp³-hybridized carbons (Fsp3) is 0.125. The predicted molar refractivity (Wildman–Crippen MR) is 86.2 cm³/mol. The molecule has 2 aromatic rings. The van der Waals surface area contributed by atoms with Crippen LogP contribution in [0, 0.1) is 6.92 Å². The van der Waals surface area contributed by atoms with Gasteiger partial charge in [0.15, 0.2) is 6.61 Å². The Kier molecular flexibility index (Phi) is 5.55. The van der Waals surface area contributed by atoms with Gasteiger partial charge in [-0.2, -0.15) is 0 Å². The van der Waals surface area contributed by atoms with Crippen LogP contribution in [0.1, 0.15) is 11.3 Å². The fourth-order valence-corrected chi connectivity index (χ4v) is 1.97. The monoisotopic (exact) mass is 363 g/mol. The van der Waals surface area contributed by atoms with Crippen molar-refractivity contribution in [2.24, 2.45) is 0 Å². The number of rotatable bonds is 5. The highest BCUT2D eigenvalue weighted by Gasteiger charge is 2.06. The summed E-state index contributed by atoms with van der Waals surface area (Å²) in [6.45, 7) is 1.59. The Morgan fingerprint density at radius 1 is 1.36 bits per heavy atom. The molecular weight excluding hydrogens is 350 g/mol. The molecule has 0 bridgehead atoms. The first-order valence-corrected chi connectivity index (χ1v) is 7.28. The molecule has 0 aliphatic rings. The van der Waals surface area contributed by atoms with Crippen LogP contribution in [0.3, 0.4) is 0 Å². The number of benzene rings is 1. The summed E-state index contributed by atoms with van der Waals surface area (Å²) in [6.07, 6.45) is 4.17. The summed E-state index contributed by atoms with van der Waals surface area (Å²) in [6, 6.07) is 8.84. The number of esters is 1. The van der Waals surface area contributed by atoms with E-state index in [9.17, 15) is 9.59 Å². The minimum atomic E-state index is -0.614. The Hall–Kier alpha value is -2.34. The van der Waals surface area contributed by atoms with Crippen molar-refractivity contribution >= 4 is 39.6 Å². The Morgan fingerprint density at radius 3 is 2.86 bits per heavy atom. The summed E-state index contributed by atoms with van der Waals surface area (Å²) in [5, 5.41) is 2.65. The van der Waals surface area contributed by atoms with E-state index in [1.165, 1.54) is 18.4 Å². The molecule has 2 rings (SSSR count). The van der Waals surface area contributed by atoms with Gasteiger partial charge in [0.1, 0.15) is 5.76 Å². The van der Waals surface area contributed by atoms with Crippen LogP contribution in [0.15, 0.2) is 51.6 Å². The van der Waals surface area contributed by atoms with Gasteiger partial charge in [-0.3, -0.25) is 4.79 Å². The molecule has 0 aliphatic heterocycles. The van der Waals surface area contributed by atoms with Crippen molar-refractivity contribution in [1.82, 2.24) is 0 Å². The maximum atomic E-state index is 11.7. The summed E-state index contributed by atoms with van der Waals surface area (Å²) >= 11 is 3.38. The Morgan fingerprint density at radius 2 is 2.18 bits per heavy atom. The van der Waals surface area contributed by atoms with Crippen LogP contribution < -0.4 is 5.32 Å². The minimum absolute atomic E-state index is 0.354. The number of halogens is 1. The van der Waals surface area contributed by atoms with Crippen LogP contribution in [0.2, 0.25) is 0 Å². The lowest BCUT2D eigenvalue weighted by atomic mass is 10.2. The first-order chi connectivity index (χ1) is 10.5. The van der Waals surface area contributed by atoms with Gasteiger partial charge >= 0.3 is 5.97 Å². The van der Waals surface area contributed by atoms with Gasteiger partial charge in [0, 0.05) is 16.2 Å². The Bertz CT molecular complexity index is 692. The topological polar surface area (TPSA) is 68.5 Å². The van der Waals surface area contributed by atoms with E-state index in [2.05, 4.69) is 21.2 Å². The zero-order chi connectivity index (χ0) is 15.9. The molecule has 1 aromatic heterocycles. The third kappa shape index (κ3) is 4.89. The molecule has 22 heavy (non-hydrogen) atoms. The van der Waals surface area contributed by atoms with Crippen LogP contribution in [0.25, 0.3) is 6.08 Å². The smallest absolute Gasteiger partial charge is 0.331 e. The van der Waals surface area contributed by atoms with Crippen LogP contribution >= 0.6 is 15.9 Å². The zero-order valence-electron chi connectivity index (χ0n) is 11.8. The van der Waals surface area contributed by atoms with E-state index < -0.39 is 11.9 Å². The number of hydrogen-bond donors (Lipinski definition) is 1. The summed E-state index contributed by atoms with van der Waals surface area (Å²) in [5.74, 6) is -0.488. The van der Waals surface area contributed by atoms with Gasteiger partial charge in [-0.05, 0) is 42.8 Å². The number of anilines is 1. The summed E-state index contributed by atoms with van der Waals surface area (Å²) < 4.78 is 10.8. The van der Waals surface area contributed by atoms with Gasteiger partial charge in [-0.15, -0.1) is 0 Å². The summed E-state index contributed by atoms with van der Waals surface area (Å²) in [4.78, 5) is 23.2. The van der Waals surface area contributed by atoms with E-state index in [0.29, 0.717) is 11.4 Å². The molecular formula is C16H14BrNO4. The molecule has 1 N–H and O–H groups in total. The average Bonchev–Trinajstić information content (AvgIpc) is 3.00. The number of ether oxygens (including phenoxy) is 1. The van der Waals surface area contributed by atoms with Gasteiger partial charge in [-0.1, -0.05) is 22.0 Å². The number of amides is 1. The maximum absolute atomic E-state index is 11.7. The number of nitrogens with one attached hydrogen (secondary N) is 1. The Balaban J connectivity index is 1.79. The molecule has 0 spiro atoms. The highest BCUT2D eigenvalue weighted by atomic mass is 79.9. The van der Waals surface area contributed by atoms with Crippen LogP contribution in [0.5, 0.6) is 0 Å². The van der Waals surface area contributed by atoms with Crippen molar-refractivity contribution in [2.45, 2.75) is 6.92 Å². The van der Waals surface area contributed by atoms with E-state index >= 15 is 0 Å². The first-order valence-electron chi connectivity index (χ1n) is 6.49. The molecule has 1 amide bonds. The number of hydrogen-bond acceptors (Lipinski definition) is 4. The van der Waals surface area contributed by atoms with Crippen molar-refractivity contribution in [3.63, 3.8) is 0 Å². The molecule has 6 heteroatoms. The molecule has 114 valence electrons. The largest absolute Gasteiger partial charge is 0.465 e. The second-order valence-corrected chi connectivity index (χ2v) is 5.32. The zero-order valence-corrected chi connectivity index (χ0v) is 13.4. The van der Waals surface area contributed by atoms with Crippen molar-refractivity contribution in [3.05, 3.63) is 58.5 Å². The second kappa shape index (κ2) is 7.61. The molecule has 5 nitrogen and oxygen atoms in total. The normalized spacial score (nSPS) is 10.6. The van der Waals surface area contributed by atoms with E-state index in [1.807, 2.05) is 13.0 Å². The highest BCUT2D eigenvalue weighted by Crippen LogP contribution is 2.20. The molecule has 0 fully saturated rings. The lowest BCUT2D eigenvalue weighted by Gasteiger charge is -2.07. The van der Waals surface area contributed by atoms with Gasteiger partial charge < -0.3 is 14.5 Å². The SMILES string of the molecule is Cc1ccc(NC(=O)COC(=O)/C=C/c2ccco2)cc1Br. The average molecular weight is 364 g/mol. The number of furan rings is 1. The van der Waals surface area contributed by atoms with Crippen molar-refractivity contribution in [1.29, 1.82) is 0 Å². The van der Waals surface area contributed by atoms with Gasteiger partial charge in [0.05, 0.1) is 6.26 Å². The standard InChI is InChI=1S/C16H14BrNO4/c1-11-4-5-12(9-14(11)17)18-15(19)10-22-16(20)7-6-13-3-2-8-21-13/h2-9H,10H2,1H3,(H,18,19)/b7-6+. The van der Waals surface area contributed by atoms with Crippen LogP contribution in [0.4, 0.5) is 5.69 Å². The van der Waals surface area contributed by atoms with E-state index in [0.717, 1.165) is 10.0 Å². The third-order valence-electron chi connectivity index (χ3n) is 2.73. The van der Waals surface area contributed by atoms with Gasteiger partial charge in [-0.25, -0.2) is 4.79 Å². The summed E-state index contributed by atoms with van der Waals surface area (Å²) in [7, 11) is 0. The minimum Gasteiger partial charge on any atom is -0.465 e. The molecule has 0 saturated carbocycles. The van der Waals surface area contributed by atoms with Crippen LogP contribution in [-0.2, 0) is 14.3 Å². The molecule has 0 unspecified atom stereocenters. The molecule has 0 saturated heterocycles. The molecule has 1 aromatic carbocycles. The fourth-order valence-electron chi connectivity index (χ4n) is 1.59. The molecule has 0 atom stereocenters. The lowest BCUT2D eigenvalue weighted by Crippen LogP contribution is -2.20. The maximum Gasteiger partial charge on any atom is 0.331 e. The third-order valence-corrected chi connectivity index (χ3v) is 3.58. The van der Waals surface area contributed by atoms with E-state index in [4.69, 9.17) is 9.15 Å². The highest BCUT2D eigenvalue weighted by molar-refractivity contribution is 9.10. The lowest BCUT2D eigenvalue weighted by molar-refractivity contribution is -0.142. The Labute approximate surface area is 136 Å². The number of aryl methyl sites for hydroxylation is 1. The van der Waals surface area contributed by atoms with Crippen molar-refractivity contribution in [3.8, 4) is 0 Å². The number of carbonyl (C=O) groups excluding carboxylic acids is 2. The van der Waals surface area contributed by atoms with E-state index in [1.54, 1.807) is 24.3 Å². The summed E-state index contributed by atoms with van der Waals surface area (Å²) in [5.41, 5.74) is 1.69. The predicted octanol–water partition coefficient (Wildman–Crippen LogP) is 3.55. The van der Waals surface area contributed by atoms with Gasteiger partial charge in [0.2, 0.25) is 0 Å². The first kappa shape index (κ1) is 16.0. The second-order valence-electron chi connectivity index (χ2n) is 4.47. The molecule has 0 radical (unpaired) electrons. The van der Waals surface area contributed by atoms with Gasteiger partial charge in [0.25, 0.3) is 5.91 Å².